The maximum atomic E-state index is 5.51. The number of fused-ring (bicyclic) bond motifs is 1. The van der Waals surface area contributed by atoms with Crippen molar-refractivity contribution in [1.82, 2.24) is 24.6 Å². The second kappa shape index (κ2) is 6.96. The quantitative estimate of drug-likeness (QED) is 0.708. The van der Waals surface area contributed by atoms with Crippen molar-refractivity contribution in [2.45, 2.75) is 51.6 Å². The number of nitrogens with zero attached hydrogens (tertiary/aromatic N) is 5. The molecule has 2 atom stereocenters. The molecule has 0 radical (unpaired) electrons. The molecule has 0 amide bonds. The first-order valence-electron chi connectivity index (χ1n) is 9.24. The van der Waals surface area contributed by atoms with E-state index < -0.39 is 0 Å². The number of imidazole rings is 1. The highest BCUT2D eigenvalue weighted by Gasteiger charge is 2.28. The molecule has 2 unspecified atom stereocenters. The molecule has 3 heterocycles. The van der Waals surface area contributed by atoms with Crippen LogP contribution in [0.1, 0.15) is 56.9 Å². The summed E-state index contributed by atoms with van der Waals surface area (Å²) in [6.45, 7) is 6.34. The topological polar surface area (TPSA) is 60.0 Å². The second-order valence-electron chi connectivity index (χ2n) is 6.91. The molecule has 1 saturated heterocycles. The Morgan fingerprint density at radius 1 is 1.32 bits per heavy atom. The van der Waals surface area contributed by atoms with Crippen LogP contribution < -0.4 is 0 Å². The lowest BCUT2D eigenvalue weighted by Gasteiger charge is -2.36. The van der Waals surface area contributed by atoms with Crippen molar-refractivity contribution in [3.63, 3.8) is 0 Å². The molecule has 132 valence electrons. The number of hydrogen-bond donors (Lipinski definition) is 0. The van der Waals surface area contributed by atoms with Gasteiger partial charge in [0.15, 0.2) is 5.82 Å². The average Bonchev–Trinajstić information content (AvgIpc) is 3.28. The summed E-state index contributed by atoms with van der Waals surface area (Å²) < 4.78 is 7.83. The maximum absolute atomic E-state index is 5.51. The Labute approximate surface area is 147 Å². The Hall–Kier alpha value is -2.21. The van der Waals surface area contributed by atoms with E-state index in [-0.39, 0.29) is 6.04 Å². The normalized spacial score (nSPS) is 20.2. The molecule has 6 nitrogen and oxygen atoms in total. The number of rotatable bonds is 5. The van der Waals surface area contributed by atoms with Crippen LogP contribution in [0.5, 0.6) is 0 Å². The minimum absolute atomic E-state index is 0.149. The summed E-state index contributed by atoms with van der Waals surface area (Å²) in [7, 11) is 0. The fraction of sp³-hybridized carbons (Fsp3) is 0.526. The summed E-state index contributed by atoms with van der Waals surface area (Å²) in [6, 6.07) is 8.93. The van der Waals surface area contributed by atoms with E-state index in [2.05, 4.69) is 56.6 Å². The van der Waals surface area contributed by atoms with Crippen LogP contribution >= 0.6 is 0 Å². The zero-order chi connectivity index (χ0) is 17.2. The van der Waals surface area contributed by atoms with Gasteiger partial charge in [-0.15, -0.1) is 0 Å². The summed E-state index contributed by atoms with van der Waals surface area (Å²) in [4.78, 5) is 11.6. The number of likely N-dealkylation sites (tertiary alicyclic amines) is 1. The lowest BCUT2D eigenvalue weighted by Crippen LogP contribution is -2.38. The highest BCUT2D eigenvalue weighted by molar-refractivity contribution is 5.75. The van der Waals surface area contributed by atoms with Gasteiger partial charge in [-0.3, -0.25) is 4.90 Å². The van der Waals surface area contributed by atoms with Gasteiger partial charge in [0.2, 0.25) is 5.89 Å². The third-order valence-corrected chi connectivity index (χ3v) is 5.16. The van der Waals surface area contributed by atoms with Crippen molar-refractivity contribution >= 4 is 11.0 Å². The van der Waals surface area contributed by atoms with Gasteiger partial charge >= 0.3 is 0 Å². The fourth-order valence-corrected chi connectivity index (χ4v) is 3.75. The number of piperidine rings is 1. The molecule has 0 aliphatic carbocycles. The lowest BCUT2D eigenvalue weighted by molar-refractivity contribution is 0.115. The predicted octanol–water partition coefficient (Wildman–Crippen LogP) is 3.77. The van der Waals surface area contributed by atoms with Crippen molar-refractivity contribution in [1.29, 1.82) is 0 Å². The highest BCUT2D eigenvalue weighted by Crippen LogP contribution is 2.30. The van der Waals surface area contributed by atoms with E-state index in [0.29, 0.717) is 6.04 Å². The molecule has 3 aromatic rings. The summed E-state index contributed by atoms with van der Waals surface area (Å²) in [5.74, 6) is 1.55. The van der Waals surface area contributed by atoms with Crippen molar-refractivity contribution < 1.29 is 4.52 Å². The predicted molar refractivity (Wildman–Crippen MR) is 96.3 cm³/mol. The smallest absolute Gasteiger partial charge is 0.243 e. The van der Waals surface area contributed by atoms with Crippen molar-refractivity contribution in [3.05, 3.63) is 42.3 Å². The van der Waals surface area contributed by atoms with Crippen LogP contribution in [-0.2, 0) is 6.42 Å². The van der Waals surface area contributed by atoms with E-state index in [9.17, 15) is 0 Å². The minimum atomic E-state index is 0.149. The van der Waals surface area contributed by atoms with E-state index in [1.165, 1.54) is 11.9 Å². The van der Waals surface area contributed by atoms with E-state index in [4.69, 9.17) is 4.52 Å². The van der Waals surface area contributed by atoms with E-state index >= 15 is 0 Å². The summed E-state index contributed by atoms with van der Waals surface area (Å²) in [5, 5.41) is 4.10. The van der Waals surface area contributed by atoms with Gasteiger partial charge in [0, 0.05) is 19.0 Å². The first-order valence-corrected chi connectivity index (χ1v) is 9.24. The lowest BCUT2D eigenvalue weighted by atomic mass is 10.0. The molecule has 0 saturated carbocycles. The largest absolute Gasteiger partial charge is 0.338 e. The molecule has 4 rings (SSSR count). The van der Waals surface area contributed by atoms with Crippen LogP contribution in [0.3, 0.4) is 0 Å². The molecular weight excluding hydrogens is 314 g/mol. The van der Waals surface area contributed by atoms with Crippen LogP contribution in [0.15, 0.2) is 35.1 Å². The zero-order valence-corrected chi connectivity index (χ0v) is 14.9. The Morgan fingerprint density at radius 2 is 2.20 bits per heavy atom. The van der Waals surface area contributed by atoms with Gasteiger partial charge in [-0.2, -0.15) is 4.98 Å². The molecule has 1 aliphatic heterocycles. The number of hydrogen-bond acceptors (Lipinski definition) is 5. The Kier molecular flexibility index (Phi) is 4.53. The molecule has 1 aliphatic rings. The third kappa shape index (κ3) is 3.18. The van der Waals surface area contributed by atoms with Gasteiger partial charge in [-0.05, 0) is 44.9 Å². The van der Waals surface area contributed by atoms with Gasteiger partial charge in [-0.1, -0.05) is 24.2 Å². The average molecular weight is 339 g/mol. The van der Waals surface area contributed by atoms with E-state index in [1.54, 1.807) is 0 Å². The van der Waals surface area contributed by atoms with Gasteiger partial charge in [0.1, 0.15) is 0 Å². The van der Waals surface area contributed by atoms with E-state index in [1.807, 2.05) is 12.4 Å². The first kappa shape index (κ1) is 16.3. The van der Waals surface area contributed by atoms with E-state index in [0.717, 1.165) is 49.6 Å². The molecule has 1 aromatic carbocycles. The number of aryl methyl sites for hydroxylation is 1. The van der Waals surface area contributed by atoms with Crippen LogP contribution in [0, 0.1) is 0 Å². The Bertz CT molecular complexity index is 839. The molecule has 25 heavy (non-hydrogen) atoms. The monoisotopic (exact) mass is 339 g/mol. The SMILES string of the molecule is CCCc1noc(C(C)N2CCCC(n3cnc4ccccc43)C2)n1. The van der Waals surface area contributed by atoms with Gasteiger partial charge in [0.05, 0.1) is 23.4 Å². The van der Waals surface area contributed by atoms with Crippen LogP contribution in [0.2, 0.25) is 0 Å². The highest BCUT2D eigenvalue weighted by atomic mass is 16.5. The Morgan fingerprint density at radius 3 is 3.08 bits per heavy atom. The molecule has 0 spiro atoms. The van der Waals surface area contributed by atoms with Gasteiger partial charge < -0.3 is 9.09 Å². The zero-order valence-electron chi connectivity index (χ0n) is 14.9. The second-order valence-corrected chi connectivity index (χ2v) is 6.91. The standard InChI is InChI=1S/C19H25N5O/c1-3-7-18-21-19(25-22-18)14(2)23-11-6-8-15(12-23)24-13-20-16-9-4-5-10-17(16)24/h4-5,9-10,13-15H,3,6-8,11-12H2,1-2H3. The molecule has 1 fully saturated rings. The number of aromatic nitrogens is 4. The maximum Gasteiger partial charge on any atom is 0.243 e. The first-order chi connectivity index (χ1) is 12.3. The molecule has 0 bridgehead atoms. The fourth-order valence-electron chi connectivity index (χ4n) is 3.75. The third-order valence-electron chi connectivity index (χ3n) is 5.16. The summed E-state index contributed by atoms with van der Waals surface area (Å²) >= 11 is 0. The van der Waals surface area contributed by atoms with Crippen LogP contribution in [0.4, 0.5) is 0 Å². The number of para-hydroxylation sites is 2. The summed E-state index contributed by atoms with van der Waals surface area (Å²) in [6.07, 6.45) is 6.23. The van der Waals surface area contributed by atoms with Crippen molar-refractivity contribution in [2.24, 2.45) is 0 Å². The van der Waals surface area contributed by atoms with Gasteiger partial charge in [-0.25, -0.2) is 4.98 Å². The molecule has 0 N–H and O–H groups in total. The summed E-state index contributed by atoms with van der Waals surface area (Å²) in [5.41, 5.74) is 2.28. The van der Waals surface area contributed by atoms with Crippen LogP contribution in [0.25, 0.3) is 11.0 Å². The molecular formula is C19H25N5O. The van der Waals surface area contributed by atoms with Crippen LogP contribution in [-0.4, -0.2) is 37.7 Å². The minimum Gasteiger partial charge on any atom is -0.338 e. The molecule has 6 heteroatoms. The Balaban J connectivity index is 1.52. The van der Waals surface area contributed by atoms with Gasteiger partial charge in [0.25, 0.3) is 0 Å². The molecule has 2 aromatic heterocycles. The number of benzene rings is 1. The van der Waals surface area contributed by atoms with Crippen molar-refractivity contribution in [2.75, 3.05) is 13.1 Å². The van der Waals surface area contributed by atoms with Crippen molar-refractivity contribution in [3.8, 4) is 0 Å².